The lowest BCUT2D eigenvalue weighted by Crippen LogP contribution is -2.14. The molecule has 0 amide bonds. The number of benzene rings is 2. The molecule has 2 aromatic carbocycles. The number of allylic oxidation sites excluding steroid dienone is 1. The number of carbonyl (C=O) groups excluding carboxylic acids is 2. The Balaban J connectivity index is 1.79. The number of ketones is 1. The molecule has 0 N–H and O–H groups in total. The summed E-state index contributed by atoms with van der Waals surface area (Å²) in [5.74, 6) is 0.986. The number of carbonyl (C=O) groups is 2. The zero-order chi connectivity index (χ0) is 18.7. The third-order valence-corrected chi connectivity index (χ3v) is 3.82. The molecule has 0 atom stereocenters. The van der Waals surface area contributed by atoms with E-state index in [-0.39, 0.29) is 23.4 Å². The summed E-state index contributed by atoms with van der Waals surface area (Å²) in [4.78, 5) is 24.2. The SMILES string of the molecule is CCOc1ccc(C=C2Oc3cc(OC(=O)C(C)C)ccc3C2=O)cc1. The van der Waals surface area contributed by atoms with Crippen molar-refractivity contribution in [2.45, 2.75) is 20.8 Å². The van der Waals surface area contributed by atoms with Crippen LogP contribution < -0.4 is 14.2 Å². The summed E-state index contributed by atoms with van der Waals surface area (Å²) >= 11 is 0. The second-order valence-corrected chi connectivity index (χ2v) is 6.18. The lowest BCUT2D eigenvalue weighted by Gasteiger charge is -2.07. The van der Waals surface area contributed by atoms with Crippen LogP contribution in [0.2, 0.25) is 0 Å². The summed E-state index contributed by atoms with van der Waals surface area (Å²) in [7, 11) is 0. The smallest absolute Gasteiger partial charge is 0.313 e. The third-order valence-electron chi connectivity index (χ3n) is 3.82. The largest absolute Gasteiger partial charge is 0.494 e. The van der Waals surface area contributed by atoms with E-state index in [1.807, 2.05) is 31.2 Å². The quantitative estimate of drug-likeness (QED) is 0.457. The third kappa shape index (κ3) is 3.77. The van der Waals surface area contributed by atoms with E-state index in [0.29, 0.717) is 23.7 Å². The number of fused-ring (bicyclic) bond motifs is 1. The van der Waals surface area contributed by atoms with Crippen LogP contribution in [0.25, 0.3) is 6.08 Å². The summed E-state index contributed by atoms with van der Waals surface area (Å²) in [5.41, 5.74) is 1.28. The Kier molecular flexibility index (Phi) is 5.07. The maximum atomic E-state index is 12.5. The molecule has 0 saturated carbocycles. The Morgan fingerprint density at radius 2 is 1.81 bits per heavy atom. The second-order valence-electron chi connectivity index (χ2n) is 6.18. The number of hydrogen-bond acceptors (Lipinski definition) is 5. The lowest BCUT2D eigenvalue weighted by molar-refractivity contribution is -0.137. The van der Waals surface area contributed by atoms with Gasteiger partial charge < -0.3 is 14.2 Å². The Morgan fingerprint density at radius 3 is 2.46 bits per heavy atom. The first-order valence-corrected chi connectivity index (χ1v) is 8.50. The van der Waals surface area contributed by atoms with E-state index in [1.165, 1.54) is 0 Å². The Bertz CT molecular complexity index is 862. The summed E-state index contributed by atoms with van der Waals surface area (Å²) in [5, 5.41) is 0. The molecular formula is C21H20O5. The summed E-state index contributed by atoms with van der Waals surface area (Å²) in [6.45, 7) is 6.03. The molecule has 0 saturated heterocycles. The van der Waals surface area contributed by atoms with Crippen molar-refractivity contribution in [3.8, 4) is 17.2 Å². The van der Waals surface area contributed by atoms with Gasteiger partial charge in [-0.2, -0.15) is 0 Å². The molecule has 0 fully saturated rings. The summed E-state index contributed by atoms with van der Waals surface area (Å²) < 4.78 is 16.3. The second kappa shape index (κ2) is 7.44. The molecule has 0 aromatic heterocycles. The fourth-order valence-corrected chi connectivity index (χ4v) is 2.44. The Morgan fingerprint density at radius 1 is 1.12 bits per heavy atom. The molecule has 5 nitrogen and oxygen atoms in total. The van der Waals surface area contributed by atoms with Crippen LogP contribution in [0.1, 0.15) is 36.7 Å². The zero-order valence-electron chi connectivity index (χ0n) is 14.9. The Hall–Kier alpha value is -3.08. The average Bonchev–Trinajstić information content (AvgIpc) is 2.92. The minimum absolute atomic E-state index is 0.198. The lowest BCUT2D eigenvalue weighted by atomic mass is 10.1. The topological polar surface area (TPSA) is 61.8 Å². The molecular weight excluding hydrogens is 332 g/mol. The fourth-order valence-electron chi connectivity index (χ4n) is 2.44. The maximum absolute atomic E-state index is 12.5. The predicted octanol–water partition coefficient (Wildman–Crippen LogP) is 4.26. The number of Topliss-reactive ketones (excluding diaryl/α,β-unsaturated/α-hetero) is 1. The van der Waals surface area contributed by atoms with Crippen molar-refractivity contribution in [2.75, 3.05) is 6.61 Å². The van der Waals surface area contributed by atoms with E-state index < -0.39 is 0 Å². The molecule has 0 bridgehead atoms. The van der Waals surface area contributed by atoms with Crippen LogP contribution in [0.3, 0.4) is 0 Å². The van der Waals surface area contributed by atoms with Crippen molar-refractivity contribution in [1.29, 1.82) is 0 Å². The van der Waals surface area contributed by atoms with Crippen molar-refractivity contribution >= 4 is 17.8 Å². The normalized spacial score (nSPS) is 14.3. The van der Waals surface area contributed by atoms with E-state index in [0.717, 1.165) is 11.3 Å². The van der Waals surface area contributed by atoms with Gasteiger partial charge in [0.1, 0.15) is 17.2 Å². The Labute approximate surface area is 152 Å². The van der Waals surface area contributed by atoms with Gasteiger partial charge in [-0.1, -0.05) is 26.0 Å². The summed E-state index contributed by atoms with van der Waals surface area (Å²) in [6.07, 6.45) is 1.68. The minimum Gasteiger partial charge on any atom is -0.494 e. The van der Waals surface area contributed by atoms with Crippen LogP contribution in [0.4, 0.5) is 0 Å². The van der Waals surface area contributed by atoms with Crippen molar-refractivity contribution < 1.29 is 23.8 Å². The highest BCUT2D eigenvalue weighted by Gasteiger charge is 2.28. The van der Waals surface area contributed by atoms with Crippen LogP contribution in [-0.4, -0.2) is 18.4 Å². The van der Waals surface area contributed by atoms with Gasteiger partial charge in [0.05, 0.1) is 18.1 Å². The molecule has 5 heteroatoms. The molecule has 1 aliphatic heterocycles. The summed E-state index contributed by atoms with van der Waals surface area (Å²) in [6, 6.07) is 12.2. The van der Waals surface area contributed by atoms with Gasteiger partial charge in [-0.05, 0) is 42.8 Å². The van der Waals surface area contributed by atoms with Crippen molar-refractivity contribution in [3.05, 3.63) is 59.4 Å². The van der Waals surface area contributed by atoms with E-state index in [9.17, 15) is 9.59 Å². The highest BCUT2D eigenvalue weighted by Crippen LogP contribution is 2.35. The van der Waals surface area contributed by atoms with Crippen molar-refractivity contribution in [1.82, 2.24) is 0 Å². The first-order chi connectivity index (χ1) is 12.5. The molecule has 0 spiro atoms. The first kappa shape index (κ1) is 17.7. The van der Waals surface area contributed by atoms with Gasteiger partial charge in [0.15, 0.2) is 5.76 Å². The number of hydrogen-bond donors (Lipinski definition) is 0. The van der Waals surface area contributed by atoms with E-state index in [4.69, 9.17) is 14.2 Å². The van der Waals surface area contributed by atoms with Crippen LogP contribution in [0, 0.1) is 5.92 Å². The van der Waals surface area contributed by atoms with Gasteiger partial charge in [-0.3, -0.25) is 9.59 Å². The number of ether oxygens (including phenoxy) is 3. The number of rotatable bonds is 5. The molecule has 0 unspecified atom stereocenters. The molecule has 3 rings (SSSR count). The minimum atomic E-state index is -0.334. The molecule has 1 heterocycles. The van der Waals surface area contributed by atoms with Crippen LogP contribution in [-0.2, 0) is 4.79 Å². The first-order valence-electron chi connectivity index (χ1n) is 8.50. The van der Waals surface area contributed by atoms with Crippen molar-refractivity contribution in [2.24, 2.45) is 5.92 Å². The maximum Gasteiger partial charge on any atom is 0.313 e. The zero-order valence-corrected chi connectivity index (χ0v) is 14.9. The van der Waals surface area contributed by atoms with Crippen LogP contribution >= 0.6 is 0 Å². The van der Waals surface area contributed by atoms with E-state index >= 15 is 0 Å². The van der Waals surface area contributed by atoms with E-state index in [1.54, 1.807) is 38.1 Å². The average molecular weight is 352 g/mol. The van der Waals surface area contributed by atoms with Gasteiger partial charge >= 0.3 is 5.97 Å². The standard InChI is InChI=1S/C21H20O5/c1-4-24-15-7-5-14(6-8-15)11-19-20(22)17-10-9-16(12-18(17)26-19)25-21(23)13(2)3/h5-13H,4H2,1-3H3. The molecule has 1 aliphatic rings. The molecule has 26 heavy (non-hydrogen) atoms. The molecule has 0 radical (unpaired) electrons. The van der Waals surface area contributed by atoms with E-state index in [2.05, 4.69) is 0 Å². The van der Waals surface area contributed by atoms with Crippen LogP contribution in [0.5, 0.6) is 17.2 Å². The monoisotopic (exact) mass is 352 g/mol. The van der Waals surface area contributed by atoms with Gasteiger partial charge in [-0.15, -0.1) is 0 Å². The van der Waals surface area contributed by atoms with Gasteiger partial charge in [0.25, 0.3) is 0 Å². The molecule has 0 aliphatic carbocycles. The predicted molar refractivity (Wildman–Crippen MR) is 97.5 cm³/mol. The highest BCUT2D eigenvalue weighted by atomic mass is 16.5. The number of esters is 1. The van der Waals surface area contributed by atoms with Gasteiger partial charge in [-0.25, -0.2) is 0 Å². The molecule has 2 aromatic rings. The highest BCUT2D eigenvalue weighted by molar-refractivity contribution is 6.14. The molecule has 134 valence electrons. The van der Waals surface area contributed by atoms with Gasteiger partial charge in [0.2, 0.25) is 5.78 Å². The van der Waals surface area contributed by atoms with Crippen molar-refractivity contribution in [3.63, 3.8) is 0 Å². The van der Waals surface area contributed by atoms with Crippen LogP contribution in [0.15, 0.2) is 48.2 Å². The fraction of sp³-hybridized carbons (Fsp3) is 0.238. The van der Waals surface area contributed by atoms with Gasteiger partial charge in [0, 0.05) is 6.07 Å².